The Kier molecular flexibility index (Phi) is 5.83. The van der Waals surface area contributed by atoms with E-state index in [1.807, 2.05) is 65.9 Å². The van der Waals surface area contributed by atoms with E-state index < -0.39 is 0 Å². The molecule has 1 unspecified atom stereocenters. The highest BCUT2D eigenvalue weighted by molar-refractivity contribution is 7.99. The lowest BCUT2D eigenvalue weighted by molar-refractivity contribution is 0.0953. The van der Waals surface area contributed by atoms with E-state index in [9.17, 15) is 5.26 Å². The highest BCUT2D eigenvalue weighted by atomic mass is 32.2. The average Bonchev–Trinajstić information content (AvgIpc) is 3.64. The summed E-state index contributed by atoms with van der Waals surface area (Å²) in [7, 11) is 1.66. The van der Waals surface area contributed by atoms with Gasteiger partial charge in [-0.25, -0.2) is 4.98 Å². The first-order valence-electron chi connectivity index (χ1n) is 11.8. The zero-order valence-corrected chi connectivity index (χ0v) is 20.8. The number of nitrogens with zero attached hydrogens (tertiary/aromatic N) is 6. The van der Waals surface area contributed by atoms with Crippen molar-refractivity contribution >= 4 is 28.4 Å². The van der Waals surface area contributed by atoms with Crippen molar-refractivity contribution in [3.8, 4) is 23.2 Å². The van der Waals surface area contributed by atoms with Crippen LogP contribution >= 0.6 is 11.8 Å². The minimum Gasteiger partial charge on any atom is -0.497 e. The third kappa shape index (κ3) is 3.88. The first-order valence-corrected chi connectivity index (χ1v) is 12.7. The summed E-state index contributed by atoms with van der Waals surface area (Å²) in [5, 5.41) is 20.7. The fourth-order valence-electron chi connectivity index (χ4n) is 4.70. The molecule has 4 heterocycles. The van der Waals surface area contributed by atoms with Gasteiger partial charge >= 0.3 is 0 Å². The van der Waals surface area contributed by atoms with Gasteiger partial charge in [0.1, 0.15) is 11.8 Å². The number of pyridine rings is 1. The average molecular weight is 497 g/mol. The molecule has 6 rings (SSSR count). The molecule has 8 nitrogen and oxygen atoms in total. The number of methoxy groups -OCH3 is 1. The Balaban J connectivity index is 1.49. The largest absolute Gasteiger partial charge is 0.497 e. The number of fused-ring (bicyclic) bond motifs is 3. The zero-order valence-electron chi connectivity index (χ0n) is 20.0. The molecule has 36 heavy (non-hydrogen) atoms. The van der Waals surface area contributed by atoms with Crippen LogP contribution in [0, 0.1) is 18.3 Å². The van der Waals surface area contributed by atoms with Crippen molar-refractivity contribution in [2.75, 3.05) is 13.7 Å². The van der Waals surface area contributed by atoms with Gasteiger partial charge in [-0.3, -0.25) is 8.97 Å². The summed E-state index contributed by atoms with van der Waals surface area (Å²) in [5.74, 6) is 1.58. The quantitative estimate of drug-likeness (QED) is 0.316. The minimum absolute atomic E-state index is 0.120. The molecule has 2 aromatic carbocycles. The van der Waals surface area contributed by atoms with E-state index in [0.29, 0.717) is 17.8 Å². The Hall–Kier alpha value is -3.87. The number of imidazole rings is 1. The fourth-order valence-corrected chi connectivity index (χ4v) is 5.75. The van der Waals surface area contributed by atoms with Gasteiger partial charge < -0.3 is 9.47 Å². The highest BCUT2D eigenvalue weighted by Crippen LogP contribution is 2.35. The summed E-state index contributed by atoms with van der Waals surface area (Å²) in [5.41, 5.74) is 4.87. The Morgan fingerprint density at radius 2 is 2.00 bits per heavy atom. The Bertz CT molecular complexity index is 1610. The maximum absolute atomic E-state index is 9.83. The molecule has 1 aliphatic heterocycles. The molecule has 0 spiro atoms. The summed E-state index contributed by atoms with van der Waals surface area (Å²) in [4.78, 5) is 4.78. The second kappa shape index (κ2) is 9.30. The maximum Gasteiger partial charge on any atom is 0.197 e. The maximum atomic E-state index is 9.83. The van der Waals surface area contributed by atoms with Crippen molar-refractivity contribution in [3.63, 3.8) is 0 Å². The molecule has 1 saturated heterocycles. The van der Waals surface area contributed by atoms with Crippen molar-refractivity contribution in [1.29, 1.82) is 5.26 Å². The summed E-state index contributed by atoms with van der Waals surface area (Å²) >= 11 is 1.53. The van der Waals surface area contributed by atoms with Crippen LogP contribution in [-0.4, -0.2) is 44.0 Å². The van der Waals surface area contributed by atoms with Crippen LogP contribution in [0.4, 0.5) is 0 Å². The van der Waals surface area contributed by atoms with Crippen molar-refractivity contribution in [1.82, 2.24) is 24.1 Å². The number of aryl methyl sites for hydroxylation is 1. The normalized spacial score (nSPS) is 15.5. The molecule has 9 heteroatoms. The predicted molar refractivity (Wildman–Crippen MR) is 137 cm³/mol. The molecule has 0 amide bonds. The van der Waals surface area contributed by atoms with Gasteiger partial charge in [0.25, 0.3) is 0 Å². The van der Waals surface area contributed by atoms with E-state index in [0.717, 1.165) is 63.4 Å². The van der Waals surface area contributed by atoms with Gasteiger partial charge in [-0.05, 0) is 79.6 Å². The smallest absolute Gasteiger partial charge is 0.197 e. The van der Waals surface area contributed by atoms with Crippen LogP contribution < -0.4 is 4.74 Å². The minimum atomic E-state index is 0.120. The number of aromatic nitrogens is 5. The monoisotopic (exact) mass is 496 g/mol. The molecule has 1 atom stereocenters. The van der Waals surface area contributed by atoms with Crippen LogP contribution in [0.3, 0.4) is 0 Å². The standard InChI is InChI=1S/C27H24N6O2S/c1-17-14-24(33-23-8-4-3-7-22(23)29-26(33)21(17)15-28)36-27-31-30-25(18-9-11-19(34-2)12-10-18)32(27)16-20-6-5-13-35-20/h3-4,7-12,14,20H,5-6,13,16H2,1-2H3. The van der Waals surface area contributed by atoms with Crippen LogP contribution in [0.2, 0.25) is 0 Å². The van der Waals surface area contributed by atoms with Crippen molar-refractivity contribution in [2.45, 2.75) is 42.6 Å². The molecule has 0 aliphatic carbocycles. The molecule has 0 radical (unpaired) electrons. The number of nitriles is 1. The van der Waals surface area contributed by atoms with Gasteiger partial charge in [-0.15, -0.1) is 10.2 Å². The molecule has 0 saturated carbocycles. The Morgan fingerprint density at radius 3 is 2.75 bits per heavy atom. The first kappa shape index (κ1) is 22.6. The number of hydrogen-bond donors (Lipinski definition) is 0. The summed E-state index contributed by atoms with van der Waals surface area (Å²) in [6.45, 7) is 3.39. The van der Waals surface area contributed by atoms with Crippen molar-refractivity contribution < 1.29 is 9.47 Å². The topological polar surface area (TPSA) is 90.3 Å². The van der Waals surface area contributed by atoms with Crippen molar-refractivity contribution in [2.24, 2.45) is 0 Å². The number of benzene rings is 2. The van der Waals surface area contributed by atoms with Crippen LogP contribution in [0.5, 0.6) is 5.75 Å². The molecule has 1 aliphatic rings. The van der Waals surface area contributed by atoms with Gasteiger partial charge in [-0.1, -0.05) is 12.1 Å². The second-order valence-corrected chi connectivity index (χ2v) is 9.78. The third-order valence-electron chi connectivity index (χ3n) is 6.52. The van der Waals surface area contributed by atoms with E-state index in [1.165, 1.54) is 11.8 Å². The lowest BCUT2D eigenvalue weighted by atomic mass is 10.2. The molecule has 0 N–H and O–H groups in total. The number of ether oxygens (including phenoxy) is 2. The summed E-state index contributed by atoms with van der Waals surface area (Å²) < 4.78 is 15.5. The first-order chi connectivity index (χ1) is 17.7. The van der Waals surface area contributed by atoms with Crippen LogP contribution in [-0.2, 0) is 11.3 Å². The summed E-state index contributed by atoms with van der Waals surface area (Å²) in [6, 6.07) is 20.1. The van der Waals surface area contributed by atoms with Crippen LogP contribution in [0.25, 0.3) is 28.1 Å². The lowest BCUT2D eigenvalue weighted by Gasteiger charge is -2.15. The van der Waals surface area contributed by atoms with E-state index in [-0.39, 0.29) is 6.10 Å². The van der Waals surface area contributed by atoms with Crippen LogP contribution in [0.15, 0.2) is 64.8 Å². The van der Waals surface area contributed by atoms with Gasteiger partial charge in [0.05, 0.1) is 41.4 Å². The molecule has 0 bridgehead atoms. The molecule has 5 aromatic rings. The summed E-state index contributed by atoms with van der Waals surface area (Å²) in [6.07, 6.45) is 2.19. The van der Waals surface area contributed by atoms with Gasteiger partial charge in [0, 0.05) is 12.2 Å². The Morgan fingerprint density at radius 1 is 1.17 bits per heavy atom. The SMILES string of the molecule is COc1ccc(-c2nnc(Sc3cc(C)c(C#N)c4nc5ccccc5n34)n2CC2CCCO2)cc1. The van der Waals surface area contributed by atoms with Crippen LogP contribution in [0.1, 0.15) is 24.0 Å². The van der Waals surface area contributed by atoms with Gasteiger partial charge in [0.15, 0.2) is 16.6 Å². The van der Waals surface area contributed by atoms with E-state index in [4.69, 9.17) is 14.5 Å². The van der Waals surface area contributed by atoms with Crippen molar-refractivity contribution in [3.05, 3.63) is 65.7 Å². The van der Waals surface area contributed by atoms with E-state index in [1.54, 1.807) is 7.11 Å². The molecule has 1 fully saturated rings. The second-order valence-electron chi connectivity index (χ2n) is 8.79. The fraction of sp³-hybridized carbons (Fsp3) is 0.259. The van der Waals surface area contributed by atoms with Gasteiger partial charge in [0.2, 0.25) is 0 Å². The predicted octanol–water partition coefficient (Wildman–Crippen LogP) is 5.26. The number of para-hydroxylation sites is 2. The Labute approximate surface area is 212 Å². The number of hydrogen-bond acceptors (Lipinski definition) is 7. The zero-order chi connectivity index (χ0) is 24.6. The number of rotatable bonds is 6. The van der Waals surface area contributed by atoms with Gasteiger partial charge in [-0.2, -0.15) is 5.26 Å². The highest BCUT2D eigenvalue weighted by Gasteiger charge is 2.24. The van der Waals surface area contributed by atoms with E-state index >= 15 is 0 Å². The molecular formula is C27H24N6O2S. The molecular weight excluding hydrogens is 472 g/mol. The van der Waals surface area contributed by atoms with E-state index in [2.05, 4.69) is 20.8 Å². The molecule has 3 aromatic heterocycles. The third-order valence-corrected chi connectivity index (χ3v) is 7.52. The molecule has 180 valence electrons. The lowest BCUT2D eigenvalue weighted by Crippen LogP contribution is -2.16.